The third kappa shape index (κ3) is 1.32. The Labute approximate surface area is 78.0 Å². The number of nitrogens with zero attached hydrogens (tertiary/aromatic N) is 1. The van der Waals surface area contributed by atoms with E-state index in [4.69, 9.17) is 0 Å². The van der Waals surface area contributed by atoms with Gasteiger partial charge < -0.3 is 0 Å². The lowest BCUT2D eigenvalue weighted by Crippen LogP contribution is -2.10. The van der Waals surface area contributed by atoms with Crippen molar-refractivity contribution >= 4 is 11.6 Å². The zero-order valence-electron chi connectivity index (χ0n) is 7.66. The van der Waals surface area contributed by atoms with E-state index >= 15 is 0 Å². The monoisotopic (exact) mass is 174 g/mol. The van der Waals surface area contributed by atoms with Crippen molar-refractivity contribution in [2.24, 2.45) is 0 Å². The molecule has 1 radical (unpaired) electrons. The molecule has 2 nitrogen and oxygen atoms in total. The first kappa shape index (κ1) is 8.30. The molecule has 1 aliphatic heterocycles. The number of carbonyl (C=O) groups excluding carboxylic acids is 1. The topological polar surface area (TPSA) is 31.2 Å². The summed E-state index contributed by atoms with van der Waals surface area (Å²) in [5, 5.41) is 4.01. The number of hydrogen-bond donors (Lipinski definition) is 0. The molecule has 67 valence electrons. The van der Waals surface area contributed by atoms with Gasteiger partial charge in [-0.3, -0.25) is 4.79 Å². The third-order valence-electron chi connectivity index (χ3n) is 2.42. The normalized spacial score (nSPS) is 19.8. The second kappa shape index (κ2) is 3.21. The number of rotatable bonds is 2. The van der Waals surface area contributed by atoms with Gasteiger partial charge in [-0.25, -0.2) is 5.32 Å². The summed E-state index contributed by atoms with van der Waals surface area (Å²) in [6.07, 6.45) is 1.94. The number of amides is 1. The van der Waals surface area contributed by atoms with Crippen molar-refractivity contribution in [3.63, 3.8) is 0 Å². The molecule has 1 aromatic rings. The van der Waals surface area contributed by atoms with E-state index in [1.54, 1.807) is 0 Å². The molecule has 0 aliphatic carbocycles. The predicted molar refractivity (Wildman–Crippen MR) is 50.9 cm³/mol. The van der Waals surface area contributed by atoms with Gasteiger partial charge in [0.05, 0.1) is 11.6 Å². The number of hydrogen-bond acceptors (Lipinski definition) is 1. The fourth-order valence-corrected chi connectivity index (χ4v) is 1.78. The summed E-state index contributed by atoms with van der Waals surface area (Å²) >= 11 is 0. The Morgan fingerprint density at radius 3 is 2.92 bits per heavy atom. The van der Waals surface area contributed by atoms with Gasteiger partial charge in [0.25, 0.3) is 5.91 Å². The molecule has 1 aliphatic rings. The van der Waals surface area contributed by atoms with E-state index in [0.717, 1.165) is 24.1 Å². The van der Waals surface area contributed by atoms with Gasteiger partial charge in [0.1, 0.15) is 0 Å². The van der Waals surface area contributed by atoms with E-state index in [9.17, 15) is 4.79 Å². The molecule has 13 heavy (non-hydrogen) atoms. The summed E-state index contributed by atoms with van der Waals surface area (Å²) in [4.78, 5) is 11.5. The van der Waals surface area contributed by atoms with Crippen molar-refractivity contribution in [1.29, 1.82) is 0 Å². The number of para-hydroxylation sites is 1. The van der Waals surface area contributed by atoms with Gasteiger partial charge in [-0.05, 0) is 18.1 Å². The van der Waals surface area contributed by atoms with Crippen LogP contribution in [0.1, 0.15) is 31.2 Å². The molecule has 1 amide bonds. The first-order valence-corrected chi connectivity index (χ1v) is 4.67. The number of fused-ring (bicyclic) bond motifs is 1. The molecular weight excluding hydrogens is 162 g/mol. The van der Waals surface area contributed by atoms with Crippen LogP contribution in [-0.4, -0.2) is 5.91 Å². The van der Waals surface area contributed by atoms with Gasteiger partial charge in [0.15, 0.2) is 0 Å². The molecule has 1 heterocycles. The van der Waals surface area contributed by atoms with Crippen LogP contribution < -0.4 is 5.32 Å². The lowest BCUT2D eigenvalue weighted by molar-refractivity contribution is -0.121. The minimum Gasteiger partial charge on any atom is -0.272 e. The van der Waals surface area contributed by atoms with Gasteiger partial charge in [-0.2, -0.15) is 0 Å². The number of carbonyl (C=O) groups is 1. The molecule has 1 unspecified atom stereocenters. The zero-order chi connectivity index (χ0) is 9.26. The van der Waals surface area contributed by atoms with E-state index in [1.165, 1.54) is 0 Å². The molecule has 2 rings (SSSR count). The smallest absolute Gasteiger partial charge is 0.253 e. The second-order valence-corrected chi connectivity index (χ2v) is 3.35. The fraction of sp³-hybridized carbons (Fsp3) is 0.364. The minimum absolute atomic E-state index is 0.0289. The Morgan fingerprint density at radius 1 is 1.38 bits per heavy atom. The van der Waals surface area contributed by atoms with Crippen molar-refractivity contribution < 1.29 is 4.79 Å². The van der Waals surface area contributed by atoms with Crippen molar-refractivity contribution in [2.75, 3.05) is 0 Å². The van der Waals surface area contributed by atoms with Crippen molar-refractivity contribution in [3.8, 4) is 0 Å². The maximum atomic E-state index is 11.5. The lowest BCUT2D eigenvalue weighted by atomic mass is 9.96. The largest absolute Gasteiger partial charge is 0.272 e. The van der Waals surface area contributed by atoms with Crippen LogP contribution in [0.2, 0.25) is 0 Å². The van der Waals surface area contributed by atoms with Gasteiger partial charge in [0.2, 0.25) is 0 Å². The van der Waals surface area contributed by atoms with Crippen LogP contribution in [0.3, 0.4) is 0 Å². The molecule has 0 fully saturated rings. The molecular formula is C11H12NO. The van der Waals surface area contributed by atoms with Crippen LogP contribution in [0.15, 0.2) is 24.3 Å². The standard InChI is InChI=1S/C11H12NO/c1-2-5-9-8-6-3-4-7-10(8)12-11(9)13/h3-4,6-7,9H,2,5H2,1H3. The highest BCUT2D eigenvalue weighted by atomic mass is 16.2. The SMILES string of the molecule is CCCC1C(=O)[N]c2ccccc21. The summed E-state index contributed by atoms with van der Waals surface area (Å²) < 4.78 is 0. The lowest BCUT2D eigenvalue weighted by Gasteiger charge is -2.04. The Balaban J connectivity index is 2.35. The Hall–Kier alpha value is -1.31. The number of benzene rings is 1. The van der Waals surface area contributed by atoms with E-state index < -0.39 is 0 Å². The summed E-state index contributed by atoms with van der Waals surface area (Å²) in [6, 6.07) is 7.80. The Bertz CT molecular complexity index is 333. The first-order chi connectivity index (χ1) is 6.33. The van der Waals surface area contributed by atoms with Crippen LogP contribution >= 0.6 is 0 Å². The molecule has 1 aromatic carbocycles. The Kier molecular flexibility index (Phi) is 2.05. The highest BCUT2D eigenvalue weighted by Gasteiger charge is 2.30. The fourth-order valence-electron chi connectivity index (χ4n) is 1.78. The van der Waals surface area contributed by atoms with Crippen LogP contribution in [0, 0.1) is 0 Å². The van der Waals surface area contributed by atoms with Gasteiger partial charge in [-0.1, -0.05) is 31.5 Å². The van der Waals surface area contributed by atoms with E-state index in [1.807, 2.05) is 24.3 Å². The highest BCUT2D eigenvalue weighted by molar-refractivity contribution is 5.93. The molecule has 0 bridgehead atoms. The maximum absolute atomic E-state index is 11.5. The van der Waals surface area contributed by atoms with E-state index in [2.05, 4.69) is 12.2 Å². The average molecular weight is 174 g/mol. The summed E-state index contributed by atoms with van der Waals surface area (Å²) in [6.45, 7) is 2.09. The quantitative estimate of drug-likeness (QED) is 0.677. The van der Waals surface area contributed by atoms with E-state index in [0.29, 0.717) is 0 Å². The third-order valence-corrected chi connectivity index (χ3v) is 2.42. The van der Waals surface area contributed by atoms with Crippen molar-refractivity contribution in [1.82, 2.24) is 5.32 Å². The van der Waals surface area contributed by atoms with Gasteiger partial charge in [0, 0.05) is 0 Å². The second-order valence-electron chi connectivity index (χ2n) is 3.35. The zero-order valence-corrected chi connectivity index (χ0v) is 7.66. The van der Waals surface area contributed by atoms with Gasteiger partial charge >= 0.3 is 0 Å². The van der Waals surface area contributed by atoms with Crippen molar-refractivity contribution in [3.05, 3.63) is 29.8 Å². The molecule has 0 aromatic heterocycles. The molecule has 0 saturated carbocycles. The molecule has 0 spiro atoms. The molecule has 0 N–H and O–H groups in total. The predicted octanol–water partition coefficient (Wildman–Crippen LogP) is 2.35. The first-order valence-electron chi connectivity index (χ1n) is 4.67. The van der Waals surface area contributed by atoms with Crippen LogP contribution in [0.4, 0.5) is 5.69 Å². The van der Waals surface area contributed by atoms with Crippen LogP contribution in [0.25, 0.3) is 0 Å². The Morgan fingerprint density at radius 2 is 2.15 bits per heavy atom. The molecule has 1 atom stereocenters. The van der Waals surface area contributed by atoms with Crippen LogP contribution in [-0.2, 0) is 4.79 Å². The molecule has 0 saturated heterocycles. The summed E-state index contributed by atoms with van der Waals surface area (Å²) in [7, 11) is 0. The highest BCUT2D eigenvalue weighted by Crippen LogP contribution is 2.34. The summed E-state index contributed by atoms with van der Waals surface area (Å²) in [5.74, 6) is 0.0595. The van der Waals surface area contributed by atoms with Crippen LogP contribution in [0.5, 0.6) is 0 Å². The average Bonchev–Trinajstić information content (AvgIpc) is 2.44. The summed E-state index contributed by atoms with van der Waals surface area (Å²) in [5.41, 5.74) is 1.97. The minimum atomic E-state index is 0.0289. The van der Waals surface area contributed by atoms with Crippen molar-refractivity contribution in [2.45, 2.75) is 25.7 Å². The molecule has 2 heteroatoms. The maximum Gasteiger partial charge on any atom is 0.253 e. The van der Waals surface area contributed by atoms with Gasteiger partial charge in [-0.15, -0.1) is 0 Å². The van der Waals surface area contributed by atoms with E-state index in [-0.39, 0.29) is 11.8 Å².